The summed E-state index contributed by atoms with van der Waals surface area (Å²) in [5.74, 6) is 1.57. The smallest absolute Gasteiger partial charge is 0.231 e. The number of aromatic nitrogens is 2. The highest BCUT2D eigenvalue weighted by molar-refractivity contribution is 6.30. The first-order valence-electron chi connectivity index (χ1n) is 11.4. The number of hydrogen-bond donors (Lipinski definition) is 2. The quantitative estimate of drug-likeness (QED) is 0.673. The number of amides is 1. The number of nitrogens with one attached hydrogen (secondary N) is 2. The average Bonchev–Trinajstić information content (AvgIpc) is 2.79. The van der Waals surface area contributed by atoms with Gasteiger partial charge in [0, 0.05) is 56.5 Å². The first-order chi connectivity index (χ1) is 15.8. The average molecular weight is 470 g/mol. The minimum absolute atomic E-state index is 0.143. The van der Waals surface area contributed by atoms with Crippen LogP contribution in [0, 0.1) is 0 Å². The maximum Gasteiger partial charge on any atom is 0.231 e. The fraction of sp³-hybridized carbons (Fsp3) is 0.458. The lowest BCUT2D eigenvalue weighted by atomic mass is 9.96. The van der Waals surface area contributed by atoms with Gasteiger partial charge in [-0.15, -0.1) is 0 Å². The summed E-state index contributed by atoms with van der Waals surface area (Å²) in [6.07, 6.45) is 1.58. The molecular weight excluding hydrogens is 438 g/mol. The molecule has 1 atom stereocenters. The van der Waals surface area contributed by atoms with Crippen LogP contribution >= 0.6 is 11.6 Å². The number of piperazine rings is 1. The van der Waals surface area contributed by atoms with E-state index < -0.39 is 0 Å². The lowest BCUT2D eigenvalue weighted by molar-refractivity contribution is -0.133. The molecule has 2 aliphatic rings. The standard InChI is InChI=1S/C24H32ClN7O/c1-16(2)26-13-20(18-5-7-19(25)8-6-18)24(33)32-11-9-31(10-12-32)23-21-22(27-15-28-23)29-17(3)14-30(21)4/h5-8,15-16,20,26H,3,9-14H2,1-2,4H3,(H,27,28,29)/t20-/m1/s1. The van der Waals surface area contributed by atoms with Crippen LogP contribution in [-0.2, 0) is 4.79 Å². The van der Waals surface area contributed by atoms with Gasteiger partial charge in [0.05, 0.1) is 12.5 Å². The first-order valence-corrected chi connectivity index (χ1v) is 11.7. The monoisotopic (exact) mass is 469 g/mol. The highest BCUT2D eigenvalue weighted by Gasteiger charge is 2.31. The fourth-order valence-electron chi connectivity index (χ4n) is 4.37. The second-order valence-electron chi connectivity index (χ2n) is 8.96. The summed E-state index contributed by atoms with van der Waals surface area (Å²) in [5, 5.41) is 7.36. The Morgan fingerprint density at radius 2 is 1.88 bits per heavy atom. The van der Waals surface area contributed by atoms with Crippen LogP contribution in [0.4, 0.5) is 17.3 Å². The van der Waals surface area contributed by atoms with Gasteiger partial charge in [0.1, 0.15) is 12.0 Å². The van der Waals surface area contributed by atoms with Crippen molar-refractivity contribution in [3.8, 4) is 0 Å². The zero-order chi connectivity index (χ0) is 23.5. The van der Waals surface area contributed by atoms with Gasteiger partial charge in [0.2, 0.25) is 5.91 Å². The van der Waals surface area contributed by atoms with E-state index in [4.69, 9.17) is 11.6 Å². The Labute approximate surface area is 200 Å². The molecule has 1 amide bonds. The second-order valence-corrected chi connectivity index (χ2v) is 9.39. The summed E-state index contributed by atoms with van der Waals surface area (Å²) in [7, 11) is 2.02. The molecule has 176 valence electrons. The molecule has 1 aromatic carbocycles. The third-order valence-corrected chi connectivity index (χ3v) is 6.35. The van der Waals surface area contributed by atoms with Gasteiger partial charge < -0.3 is 25.3 Å². The van der Waals surface area contributed by atoms with Crippen molar-refractivity contribution in [3.05, 3.63) is 53.5 Å². The number of hydrogen-bond acceptors (Lipinski definition) is 7. The molecule has 4 rings (SSSR count). The predicted molar refractivity (Wildman–Crippen MR) is 134 cm³/mol. The van der Waals surface area contributed by atoms with E-state index in [-0.39, 0.29) is 11.8 Å². The number of anilines is 3. The summed E-state index contributed by atoms with van der Waals surface area (Å²) in [5.41, 5.74) is 2.87. The van der Waals surface area contributed by atoms with E-state index in [0.717, 1.165) is 41.7 Å². The van der Waals surface area contributed by atoms with Crippen molar-refractivity contribution < 1.29 is 4.79 Å². The molecule has 0 bridgehead atoms. The van der Waals surface area contributed by atoms with Crippen LogP contribution in [0.2, 0.25) is 5.02 Å². The molecule has 9 heteroatoms. The molecule has 1 fully saturated rings. The SMILES string of the molecule is C=C1CN(C)c2c(ncnc2N2CCN(C(=O)[C@H](CNC(C)C)c3ccc(Cl)cc3)CC2)N1. The molecule has 2 aliphatic heterocycles. The summed E-state index contributed by atoms with van der Waals surface area (Å²) in [6.45, 7) is 12.2. The molecule has 8 nitrogen and oxygen atoms in total. The number of benzene rings is 1. The zero-order valence-electron chi connectivity index (χ0n) is 19.5. The van der Waals surface area contributed by atoms with Gasteiger partial charge in [0.15, 0.2) is 11.6 Å². The molecule has 0 aliphatic carbocycles. The van der Waals surface area contributed by atoms with Crippen LogP contribution in [0.1, 0.15) is 25.3 Å². The van der Waals surface area contributed by atoms with Gasteiger partial charge in [-0.1, -0.05) is 44.2 Å². The van der Waals surface area contributed by atoms with Crippen molar-refractivity contribution in [1.29, 1.82) is 0 Å². The Balaban J connectivity index is 1.47. The predicted octanol–water partition coefficient (Wildman–Crippen LogP) is 2.94. The summed E-state index contributed by atoms with van der Waals surface area (Å²) in [4.78, 5) is 28.8. The minimum Gasteiger partial charge on any atom is -0.363 e. The molecule has 0 saturated carbocycles. The van der Waals surface area contributed by atoms with Crippen molar-refractivity contribution in [2.75, 3.05) is 61.4 Å². The maximum atomic E-state index is 13.5. The summed E-state index contributed by atoms with van der Waals surface area (Å²) in [6, 6.07) is 7.90. The van der Waals surface area contributed by atoms with Crippen molar-refractivity contribution in [2.45, 2.75) is 25.8 Å². The lowest BCUT2D eigenvalue weighted by Crippen LogP contribution is -2.51. The largest absolute Gasteiger partial charge is 0.363 e. The third kappa shape index (κ3) is 5.23. The lowest BCUT2D eigenvalue weighted by Gasteiger charge is -2.39. The molecule has 3 heterocycles. The number of nitrogens with zero attached hydrogens (tertiary/aromatic N) is 5. The van der Waals surface area contributed by atoms with Gasteiger partial charge in [-0.2, -0.15) is 0 Å². The normalized spacial score (nSPS) is 17.1. The number of rotatable bonds is 6. The van der Waals surface area contributed by atoms with Crippen molar-refractivity contribution >= 4 is 34.8 Å². The van der Waals surface area contributed by atoms with Crippen LogP contribution in [0.5, 0.6) is 0 Å². The van der Waals surface area contributed by atoms with Crippen LogP contribution in [0.15, 0.2) is 42.9 Å². The third-order valence-electron chi connectivity index (χ3n) is 6.10. The van der Waals surface area contributed by atoms with E-state index >= 15 is 0 Å². The molecule has 33 heavy (non-hydrogen) atoms. The van der Waals surface area contributed by atoms with Gasteiger partial charge in [0.25, 0.3) is 0 Å². The van der Waals surface area contributed by atoms with Gasteiger partial charge in [-0.25, -0.2) is 9.97 Å². The Kier molecular flexibility index (Phi) is 7.05. The van der Waals surface area contributed by atoms with Crippen molar-refractivity contribution in [3.63, 3.8) is 0 Å². The molecule has 0 spiro atoms. The Bertz CT molecular complexity index is 1000. The Morgan fingerprint density at radius 1 is 1.18 bits per heavy atom. The fourth-order valence-corrected chi connectivity index (χ4v) is 4.50. The first kappa shape index (κ1) is 23.3. The minimum atomic E-state index is -0.246. The molecule has 0 radical (unpaired) electrons. The van der Waals surface area contributed by atoms with Crippen molar-refractivity contribution in [2.24, 2.45) is 0 Å². The van der Waals surface area contributed by atoms with E-state index in [1.54, 1.807) is 6.33 Å². The second kappa shape index (κ2) is 9.97. The molecule has 1 saturated heterocycles. The van der Waals surface area contributed by atoms with Crippen LogP contribution in [-0.4, -0.2) is 73.1 Å². The Hall–Kier alpha value is -2.84. The van der Waals surface area contributed by atoms with Gasteiger partial charge in [-0.3, -0.25) is 4.79 Å². The molecular formula is C24H32ClN7O. The van der Waals surface area contributed by atoms with Gasteiger partial charge >= 0.3 is 0 Å². The number of likely N-dealkylation sites (N-methyl/N-ethyl adjacent to an activating group) is 1. The summed E-state index contributed by atoms with van der Waals surface area (Å²) < 4.78 is 0. The number of carbonyl (C=O) groups excluding carboxylic acids is 1. The Morgan fingerprint density at radius 3 is 2.55 bits per heavy atom. The number of fused-ring (bicyclic) bond motifs is 1. The topological polar surface area (TPSA) is 76.6 Å². The van der Waals surface area contributed by atoms with Crippen LogP contribution < -0.4 is 20.4 Å². The van der Waals surface area contributed by atoms with Crippen LogP contribution in [0.25, 0.3) is 0 Å². The highest BCUT2D eigenvalue weighted by Crippen LogP contribution is 2.36. The maximum absolute atomic E-state index is 13.5. The molecule has 2 N–H and O–H groups in total. The molecule has 1 aromatic heterocycles. The van der Waals surface area contributed by atoms with E-state index in [9.17, 15) is 4.79 Å². The summed E-state index contributed by atoms with van der Waals surface area (Å²) >= 11 is 6.08. The van der Waals surface area contributed by atoms with Gasteiger partial charge in [-0.05, 0) is 17.7 Å². The van der Waals surface area contributed by atoms with E-state index in [2.05, 4.69) is 50.8 Å². The number of carbonyl (C=O) groups is 1. The van der Waals surface area contributed by atoms with E-state index in [1.165, 1.54) is 0 Å². The molecule has 2 aromatic rings. The highest BCUT2D eigenvalue weighted by atomic mass is 35.5. The zero-order valence-corrected chi connectivity index (χ0v) is 20.3. The molecule has 0 unspecified atom stereocenters. The van der Waals surface area contributed by atoms with Crippen LogP contribution in [0.3, 0.4) is 0 Å². The van der Waals surface area contributed by atoms with Crippen molar-refractivity contribution in [1.82, 2.24) is 20.2 Å². The number of halogens is 1. The van der Waals surface area contributed by atoms with E-state index in [0.29, 0.717) is 37.2 Å². The van der Waals surface area contributed by atoms with E-state index in [1.807, 2.05) is 36.2 Å².